The van der Waals surface area contributed by atoms with Crippen LogP contribution in [0.5, 0.6) is 0 Å². The van der Waals surface area contributed by atoms with Gasteiger partial charge < -0.3 is 19.9 Å². The molecule has 0 amide bonds. The fraction of sp³-hybridized carbons (Fsp3) is 0.216. The number of ether oxygens (including phenoxy) is 2. The maximum Gasteiger partial charge on any atom is 0.336 e. The molecule has 1 aliphatic heterocycles. The van der Waals surface area contributed by atoms with Gasteiger partial charge in [0, 0.05) is 29.0 Å². The predicted octanol–water partition coefficient (Wildman–Crippen LogP) is 7.06. The van der Waals surface area contributed by atoms with Gasteiger partial charge in [0.2, 0.25) is 0 Å². The Balaban J connectivity index is 1.37. The van der Waals surface area contributed by atoms with Crippen molar-refractivity contribution in [1.29, 1.82) is 0 Å². The van der Waals surface area contributed by atoms with E-state index in [1.54, 1.807) is 43.6 Å². The molecule has 0 aliphatic carbocycles. The van der Waals surface area contributed by atoms with Crippen LogP contribution in [0.25, 0.3) is 0 Å². The van der Waals surface area contributed by atoms with E-state index in [1.165, 1.54) is 0 Å². The van der Waals surface area contributed by atoms with Crippen molar-refractivity contribution in [2.24, 2.45) is 0 Å². The Morgan fingerprint density at radius 2 is 1.62 bits per heavy atom. The summed E-state index contributed by atoms with van der Waals surface area (Å²) in [7, 11) is 0. The summed E-state index contributed by atoms with van der Waals surface area (Å²) >= 11 is 6.35. The zero-order valence-electron chi connectivity index (χ0n) is 25.0. The fourth-order valence-electron chi connectivity index (χ4n) is 5.71. The molecule has 1 unspecified atom stereocenters. The van der Waals surface area contributed by atoms with Crippen LogP contribution in [0, 0.1) is 0 Å². The van der Waals surface area contributed by atoms with E-state index in [2.05, 4.69) is 34.6 Å². The molecule has 45 heavy (non-hydrogen) atoms. The van der Waals surface area contributed by atoms with Crippen molar-refractivity contribution in [2.75, 3.05) is 19.8 Å². The summed E-state index contributed by atoms with van der Waals surface area (Å²) in [5, 5.41) is 14.0. The molecular formula is C37H35ClN2O5. The highest BCUT2D eigenvalue weighted by molar-refractivity contribution is 6.30. The van der Waals surface area contributed by atoms with E-state index in [0.717, 1.165) is 16.7 Å². The molecule has 8 heteroatoms. The smallest absolute Gasteiger partial charge is 0.336 e. The van der Waals surface area contributed by atoms with Crippen molar-refractivity contribution in [3.05, 3.63) is 159 Å². The lowest BCUT2D eigenvalue weighted by atomic mass is 9.80. The molecule has 3 aromatic carbocycles. The first kappa shape index (κ1) is 31.7. The molecule has 0 saturated carbocycles. The molecule has 0 spiro atoms. The largest absolute Gasteiger partial charge is 0.478 e. The maximum atomic E-state index is 13.8. The second-order valence-electron chi connectivity index (χ2n) is 10.8. The summed E-state index contributed by atoms with van der Waals surface area (Å²) in [5.74, 6) is -2.64. The van der Waals surface area contributed by atoms with E-state index in [-0.39, 0.29) is 30.3 Å². The van der Waals surface area contributed by atoms with E-state index in [0.29, 0.717) is 41.4 Å². The Labute approximate surface area is 268 Å². The molecule has 230 valence electrons. The minimum absolute atomic E-state index is 0.0163. The van der Waals surface area contributed by atoms with Crippen LogP contribution in [0.3, 0.4) is 0 Å². The molecule has 0 bridgehead atoms. The van der Waals surface area contributed by atoms with Gasteiger partial charge in [-0.1, -0.05) is 90.5 Å². The van der Waals surface area contributed by atoms with Crippen molar-refractivity contribution in [1.82, 2.24) is 10.3 Å². The van der Waals surface area contributed by atoms with Crippen molar-refractivity contribution < 1.29 is 24.2 Å². The number of nitrogens with zero attached hydrogens (tertiary/aromatic N) is 1. The molecule has 7 nitrogen and oxygen atoms in total. The number of hydrogen-bond donors (Lipinski definition) is 2. The number of hydrogen-bond acceptors (Lipinski definition) is 6. The lowest BCUT2D eigenvalue weighted by molar-refractivity contribution is -0.139. The maximum absolute atomic E-state index is 13.8. The summed E-state index contributed by atoms with van der Waals surface area (Å²) in [6.45, 7) is 2.28. The Morgan fingerprint density at radius 3 is 2.24 bits per heavy atom. The average Bonchev–Trinajstić information content (AvgIpc) is 3.05. The number of aromatic nitrogens is 1. The topological polar surface area (TPSA) is 97.8 Å². The number of nitrogens with one attached hydrogen (secondary N) is 1. The Kier molecular flexibility index (Phi) is 10.8. The summed E-state index contributed by atoms with van der Waals surface area (Å²) in [4.78, 5) is 30.7. The minimum Gasteiger partial charge on any atom is -0.478 e. The number of carbonyl (C=O) groups is 2. The third kappa shape index (κ3) is 8.06. The molecule has 0 radical (unpaired) electrons. The number of pyridine rings is 1. The first-order valence-corrected chi connectivity index (χ1v) is 15.2. The van der Waals surface area contributed by atoms with Crippen LogP contribution in [0.1, 0.15) is 47.4 Å². The highest BCUT2D eigenvalue weighted by atomic mass is 35.5. The normalized spacial score (nSPS) is 14.8. The fourth-order valence-corrected chi connectivity index (χ4v) is 5.91. The van der Waals surface area contributed by atoms with E-state index in [9.17, 15) is 14.7 Å². The molecule has 1 aromatic heterocycles. The van der Waals surface area contributed by atoms with Gasteiger partial charge in [-0.3, -0.25) is 4.98 Å². The summed E-state index contributed by atoms with van der Waals surface area (Å²) in [5.41, 5.74) is 4.95. The van der Waals surface area contributed by atoms with Crippen LogP contribution in [0.4, 0.5) is 0 Å². The zero-order chi connectivity index (χ0) is 31.6. The SMILES string of the molecule is CC1=C(C(=O)OCCC(c2ccccc2)c2ccccc2)C(c2cccc(Cl)c2)C(C(=O)O)=C(COCCc2cccnc2)N1. The van der Waals surface area contributed by atoms with Gasteiger partial charge in [-0.2, -0.15) is 0 Å². The van der Waals surface area contributed by atoms with Gasteiger partial charge in [-0.25, -0.2) is 9.59 Å². The number of benzene rings is 3. The lowest BCUT2D eigenvalue weighted by Gasteiger charge is -2.31. The van der Waals surface area contributed by atoms with Crippen LogP contribution in [0.2, 0.25) is 5.02 Å². The molecule has 2 heterocycles. The zero-order valence-corrected chi connectivity index (χ0v) is 25.7. The van der Waals surface area contributed by atoms with Crippen LogP contribution < -0.4 is 5.32 Å². The van der Waals surface area contributed by atoms with E-state index < -0.39 is 17.9 Å². The number of allylic oxidation sites excluding steroid dienone is 1. The van der Waals surface area contributed by atoms with Crippen molar-refractivity contribution in [3.63, 3.8) is 0 Å². The number of carboxylic acid groups (broad SMARTS) is 1. The third-order valence-corrected chi connectivity index (χ3v) is 8.06. The van der Waals surface area contributed by atoms with Gasteiger partial charge in [0.25, 0.3) is 0 Å². The quantitative estimate of drug-likeness (QED) is 0.122. The number of dihydropyridines is 1. The van der Waals surface area contributed by atoms with E-state index in [4.69, 9.17) is 21.1 Å². The van der Waals surface area contributed by atoms with Gasteiger partial charge in [0.05, 0.1) is 42.6 Å². The van der Waals surface area contributed by atoms with Gasteiger partial charge in [0.15, 0.2) is 0 Å². The van der Waals surface area contributed by atoms with Crippen molar-refractivity contribution in [3.8, 4) is 0 Å². The van der Waals surface area contributed by atoms with Crippen LogP contribution in [-0.2, 0) is 25.5 Å². The minimum atomic E-state index is -1.16. The number of carboxylic acids is 1. The number of halogens is 1. The predicted molar refractivity (Wildman–Crippen MR) is 174 cm³/mol. The first-order chi connectivity index (χ1) is 21.9. The van der Waals surface area contributed by atoms with Crippen LogP contribution in [-0.4, -0.2) is 41.8 Å². The molecule has 0 fully saturated rings. The van der Waals surface area contributed by atoms with E-state index in [1.807, 2.05) is 48.5 Å². The summed E-state index contributed by atoms with van der Waals surface area (Å²) in [6.07, 6.45) is 4.66. The molecule has 0 saturated heterocycles. The molecule has 1 atom stereocenters. The number of esters is 1. The monoisotopic (exact) mass is 622 g/mol. The Morgan fingerprint density at radius 1 is 0.911 bits per heavy atom. The average molecular weight is 623 g/mol. The molecule has 2 N–H and O–H groups in total. The molecule has 1 aliphatic rings. The highest BCUT2D eigenvalue weighted by Gasteiger charge is 2.38. The van der Waals surface area contributed by atoms with Gasteiger partial charge in [-0.05, 0) is 60.2 Å². The van der Waals surface area contributed by atoms with Crippen LogP contribution >= 0.6 is 11.6 Å². The third-order valence-electron chi connectivity index (χ3n) is 7.83. The Hall–Kier alpha value is -4.72. The van der Waals surface area contributed by atoms with Crippen LogP contribution in [0.15, 0.2) is 132 Å². The van der Waals surface area contributed by atoms with Gasteiger partial charge in [0.1, 0.15) is 0 Å². The van der Waals surface area contributed by atoms with E-state index >= 15 is 0 Å². The summed E-state index contributed by atoms with van der Waals surface area (Å²) in [6, 6.07) is 30.9. The molecular weight excluding hydrogens is 588 g/mol. The van der Waals surface area contributed by atoms with Gasteiger partial charge >= 0.3 is 11.9 Å². The second-order valence-corrected chi connectivity index (χ2v) is 11.2. The lowest BCUT2D eigenvalue weighted by Crippen LogP contribution is -2.34. The number of aliphatic carboxylic acids is 1. The highest BCUT2D eigenvalue weighted by Crippen LogP contribution is 2.40. The number of rotatable bonds is 13. The van der Waals surface area contributed by atoms with Crippen molar-refractivity contribution in [2.45, 2.75) is 31.6 Å². The molecule has 4 aromatic rings. The van der Waals surface area contributed by atoms with Gasteiger partial charge in [-0.15, -0.1) is 0 Å². The Bertz CT molecular complexity index is 1630. The van der Waals surface area contributed by atoms with Crippen molar-refractivity contribution >= 4 is 23.5 Å². The molecule has 5 rings (SSSR count). The second kappa shape index (κ2) is 15.3. The summed E-state index contributed by atoms with van der Waals surface area (Å²) < 4.78 is 11.8. The number of carbonyl (C=O) groups excluding carboxylic acids is 1. The first-order valence-electron chi connectivity index (χ1n) is 14.9. The standard InChI is InChI=1S/C37H35ClN2O5/c1-25-33(37(43)45-21-18-31(27-11-4-2-5-12-27)28-13-6-3-7-14-28)34(29-15-8-16-30(38)22-29)35(36(41)42)32(40-25)24-44-20-17-26-10-9-19-39-23-26/h2-16,19,22-23,31,34,40H,17-18,20-21,24H2,1H3,(H,41,42).